The van der Waals surface area contributed by atoms with Gasteiger partial charge in [0.15, 0.2) is 5.96 Å². The third kappa shape index (κ3) is 6.16. The van der Waals surface area contributed by atoms with Crippen molar-refractivity contribution in [1.82, 2.24) is 20.4 Å². The van der Waals surface area contributed by atoms with Gasteiger partial charge in [0.2, 0.25) is 5.91 Å². The first-order valence-electron chi connectivity index (χ1n) is 12.2. The van der Waals surface area contributed by atoms with Crippen LogP contribution in [0.5, 0.6) is 0 Å². The fourth-order valence-corrected chi connectivity index (χ4v) is 5.47. The van der Waals surface area contributed by atoms with Crippen LogP contribution in [0.25, 0.3) is 0 Å². The molecular formula is C25H40IN5O. The molecule has 2 unspecified atom stereocenters. The molecule has 2 atom stereocenters. The highest BCUT2D eigenvalue weighted by Gasteiger charge is 2.32. The number of hydrogen-bond donors (Lipinski definition) is 2. The van der Waals surface area contributed by atoms with E-state index >= 15 is 0 Å². The zero-order valence-corrected chi connectivity index (χ0v) is 22.0. The van der Waals surface area contributed by atoms with Gasteiger partial charge in [-0.3, -0.25) is 14.7 Å². The lowest BCUT2D eigenvalue weighted by atomic mass is 9.98. The summed E-state index contributed by atoms with van der Waals surface area (Å²) in [4.78, 5) is 21.8. The predicted molar refractivity (Wildman–Crippen MR) is 141 cm³/mol. The average Bonchev–Trinajstić information content (AvgIpc) is 3.50. The molecule has 178 valence electrons. The first-order valence-corrected chi connectivity index (χ1v) is 12.2. The van der Waals surface area contributed by atoms with Gasteiger partial charge in [0, 0.05) is 57.8 Å². The van der Waals surface area contributed by atoms with E-state index in [1.807, 2.05) is 7.05 Å². The van der Waals surface area contributed by atoms with E-state index in [-0.39, 0.29) is 29.9 Å². The number of carbonyl (C=O) groups excluding carboxylic acids is 1. The van der Waals surface area contributed by atoms with E-state index in [9.17, 15) is 4.79 Å². The molecule has 32 heavy (non-hydrogen) atoms. The van der Waals surface area contributed by atoms with E-state index < -0.39 is 0 Å². The third-order valence-electron chi connectivity index (χ3n) is 7.42. The second kappa shape index (κ2) is 12.2. The van der Waals surface area contributed by atoms with Crippen LogP contribution in [0.3, 0.4) is 0 Å². The van der Waals surface area contributed by atoms with E-state index in [0.717, 1.165) is 70.8 Å². The van der Waals surface area contributed by atoms with Crippen molar-refractivity contribution in [2.45, 2.75) is 70.5 Å². The Morgan fingerprint density at radius 3 is 2.62 bits per heavy atom. The van der Waals surface area contributed by atoms with Crippen molar-refractivity contribution in [3.05, 3.63) is 35.4 Å². The summed E-state index contributed by atoms with van der Waals surface area (Å²) in [5.74, 6) is 1.51. The minimum Gasteiger partial charge on any atom is -0.355 e. The van der Waals surface area contributed by atoms with Crippen molar-refractivity contribution >= 4 is 35.8 Å². The minimum atomic E-state index is 0. The van der Waals surface area contributed by atoms with Crippen molar-refractivity contribution in [3.8, 4) is 0 Å². The molecule has 1 amide bonds. The molecule has 0 aromatic heterocycles. The van der Waals surface area contributed by atoms with E-state index in [0.29, 0.717) is 18.0 Å². The Morgan fingerprint density at radius 1 is 1.16 bits per heavy atom. The molecule has 3 aliphatic rings. The molecule has 1 aromatic rings. The number of halogens is 1. The first-order chi connectivity index (χ1) is 15.2. The number of nitrogens with one attached hydrogen (secondary N) is 2. The van der Waals surface area contributed by atoms with Crippen LogP contribution in [0.4, 0.5) is 0 Å². The van der Waals surface area contributed by atoms with Crippen molar-refractivity contribution in [2.75, 3.05) is 33.2 Å². The number of aliphatic imine (C=N–C) groups is 1. The van der Waals surface area contributed by atoms with E-state index in [2.05, 4.69) is 56.6 Å². The number of carbonyl (C=O) groups is 1. The Hall–Kier alpha value is -1.35. The largest absolute Gasteiger partial charge is 0.355 e. The number of nitrogens with zero attached hydrogens (tertiary/aromatic N) is 3. The zero-order chi connectivity index (χ0) is 21.6. The summed E-state index contributed by atoms with van der Waals surface area (Å²) in [5, 5.41) is 7.13. The van der Waals surface area contributed by atoms with Crippen LogP contribution in [0, 0.1) is 5.92 Å². The number of guanidine groups is 1. The van der Waals surface area contributed by atoms with Gasteiger partial charge >= 0.3 is 0 Å². The molecule has 4 rings (SSSR count). The van der Waals surface area contributed by atoms with Gasteiger partial charge in [-0.25, -0.2) is 0 Å². The third-order valence-corrected chi connectivity index (χ3v) is 7.42. The number of likely N-dealkylation sites (tertiary alicyclic amines) is 1. The Morgan fingerprint density at radius 2 is 1.91 bits per heavy atom. The Kier molecular flexibility index (Phi) is 9.64. The van der Waals surface area contributed by atoms with E-state index in [1.165, 1.54) is 24.0 Å². The molecule has 2 heterocycles. The van der Waals surface area contributed by atoms with Crippen molar-refractivity contribution in [2.24, 2.45) is 10.9 Å². The Labute approximate surface area is 210 Å². The van der Waals surface area contributed by atoms with Crippen LogP contribution in [-0.2, 0) is 17.8 Å². The van der Waals surface area contributed by atoms with Gasteiger partial charge in [-0.05, 0) is 43.2 Å². The fraction of sp³-hybridized carbons (Fsp3) is 0.680. The molecule has 0 radical (unpaired) electrons. The number of amides is 1. The average molecular weight is 554 g/mol. The lowest BCUT2D eigenvalue weighted by molar-refractivity contribution is -0.134. The Balaban J connectivity index is 0.00000289. The van der Waals surface area contributed by atoms with Crippen LogP contribution in [-0.4, -0.2) is 67.0 Å². The molecule has 7 heteroatoms. The molecule has 1 aromatic carbocycles. The summed E-state index contributed by atoms with van der Waals surface area (Å²) < 4.78 is 0. The number of hydrogen-bond acceptors (Lipinski definition) is 3. The molecular weight excluding hydrogens is 513 g/mol. The summed E-state index contributed by atoms with van der Waals surface area (Å²) in [7, 11) is 1.84. The predicted octanol–water partition coefficient (Wildman–Crippen LogP) is 3.40. The van der Waals surface area contributed by atoms with Gasteiger partial charge in [-0.15, -0.1) is 24.0 Å². The summed E-state index contributed by atoms with van der Waals surface area (Å²) in [6.07, 6.45) is 7.82. The molecule has 1 saturated carbocycles. The lowest BCUT2D eigenvalue weighted by Crippen LogP contribution is -2.50. The summed E-state index contributed by atoms with van der Waals surface area (Å²) in [5.41, 5.74) is 2.96. The lowest BCUT2D eigenvalue weighted by Gasteiger charge is -2.35. The van der Waals surface area contributed by atoms with E-state index in [1.54, 1.807) is 0 Å². The smallest absolute Gasteiger partial charge is 0.225 e. The fourth-order valence-electron chi connectivity index (χ4n) is 5.47. The first kappa shape index (κ1) is 25.3. The molecule has 2 fully saturated rings. The van der Waals surface area contributed by atoms with Crippen LogP contribution in [0.15, 0.2) is 29.3 Å². The number of benzene rings is 1. The summed E-state index contributed by atoms with van der Waals surface area (Å²) in [6, 6.07) is 9.60. The van der Waals surface area contributed by atoms with Gasteiger partial charge < -0.3 is 15.5 Å². The second-order valence-corrected chi connectivity index (χ2v) is 9.40. The standard InChI is InChI=1S/C25H39N5O.HI/c1-3-23(29-14-12-19-8-4-7-11-21(19)17-29)16-27-25(26-2)28-22-13-15-30(18-22)24(31)20-9-5-6-10-20;/h4,7-8,11,20,22-23H,3,5-6,9-10,12-18H2,1-2H3,(H2,26,27,28);1H. The van der Waals surface area contributed by atoms with Crippen LogP contribution in [0.2, 0.25) is 0 Å². The van der Waals surface area contributed by atoms with Crippen molar-refractivity contribution in [3.63, 3.8) is 0 Å². The summed E-state index contributed by atoms with van der Waals surface area (Å²) in [6.45, 7) is 6.97. The monoisotopic (exact) mass is 553 g/mol. The quantitative estimate of drug-likeness (QED) is 0.322. The highest BCUT2D eigenvalue weighted by molar-refractivity contribution is 14.0. The highest BCUT2D eigenvalue weighted by Crippen LogP contribution is 2.28. The topological polar surface area (TPSA) is 60.0 Å². The number of rotatable bonds is 6. The van der Waals surface area contributed by atoms with Gasteiger partial charge in [0.1, 0.15) is 0 Å². The molecule has 6 nitrogen and oxygen atoms in total. The Bertz CT molecular complexity index is 779. The maximum absolute atomic E-state index is 12.7. The normalized spacial score (nSPS) is 22.9. The van der Waals surface area contributed by atoms with Crippen molar-refractivity contribution in [1.29, 1.82) is 0 Å². The molecule has 2 aliphatic heterocycles. The second-order valence-electron chi connectivity index (χ2n) is 9.40. The molecule has 0 bridgehead atoms. The van der Waals surface area contributed by atoms with Gasteiger partial charge in [0.05, 0.1) is 0 Å². The van der Waals surface area contributed by atoms with E-state index in [4.69, 9.17) is 0 Å². The molecule has 1 saturated heterocycles. The maximum atomic E-state index is 12.7. The molecule has 0 spiro atoms. The molecule has 1 aliphatic carbocycles. The van der Waals surface area contributed by atoms with Crippen LogP contribution in [0.1, 0.15) is 56.6 Å². The number of fused-ring (bicyclic) bond motifs is 1. The van der Waals surface area contributed by atoms with Crippen LogP contribution < -0.4 is 10.6 Å². The SMILES string of the molecule is CCC(CNC(=NC)NC1CCN(C(=O)C2CCCC2)C1)N1CCc2ccccc2C1.I. The summed E-state index contributed by atoms with van der Waals surface area (Å²) >= 11 is 0. The highest BCUT2D eigenvalue weighted by atomic mass is 127. The minimum absolute atomic E-state index is 0. The van der Waals surface area contributed by atoms with Crippen LogP contribution >= 0.6 is 24.0 Å². The van der Waals surface area contributed by atoms with Gasteiger partial charge in [0.25, 0.3) is 0 Å². The van der Waals surface area contributed by atoms with Crippen molar-refractivity contribution < 1.29 is 4.79 Å². The maximum Gasteiger partial charge on any atom is 0.225 e. The van der Waals surface area contributed by atoms with Gasteiger partial charge in [-0.2, -0.15) is 0 Å². The molecule has 2 N–H and O–H groups in total. The van der Waals surface area contributed by atoms with Gasteiger partial charge in [-0.1, -0.05) is 44.0 Å². The zero-order valence-electron chi connectivity index (χ0n) is 19.7.